The lowest BCUT2D eigenvalue weighted by Crippen LogP contribution is -2.57. The maximum absolute atomic E-state index is 14.3. The lowest BCUT2D eigenvalue weighted by molar-refractivity contribution is -0.146. The van der Waals surface area contributed by atoms with Crippen molar-refractivity contribution in [3.63, 3.8) is 0 Å². The third-order valence-corrected chi connectivity index (χ3v) is 6.83. The summed E-state index contributed by atoms with van der Waals surface area (Å²) in [6.07, 6.45) is 2.41. The molecule has 0 aromatic heterocycles. The molecule has 3 rings (SSSR count). The van der Waals surface area contributed by atoms with E-state index in [1.807, 2.05) is 76.2 Å². The quantitative estimate of drug-likeness (QED) is 0.405. The molecule has 1 aliphatic carbocycles. The summed E-state index contributed by atoms with van der Waals surface area (Å²) in [5.41, 5.74) is 2.66. The minimum absolute atomic E-state index is 0.0928. The summed E-state index contributed by atoms with van der Waals surface area (Å²) in [5, 5.41) is 5.90. The smallest absolute Gasteiger partial charge is 0.408 e. The van der Waals surface area contributed by atoms with Crippen LogP contribution in [0.15, 0.2) is 48.5 Å². The highest BCUT2D eigenvalue weighted by atomic mass is 16.6. The van der Waals surface area contributed by atoms with E-state index in [2.05, 4.69) is 10.6 Å². The molecule has 7 heteroatoms. The Balaban J connectivity index is 2.04. The Bertz CT molecular complexity index is 1130. The Hall–Kier alpha value is -3.35. The van der Waals surface area contributed by atoms with E-state index in [0.29, 0.717) is 12.1 Å². The molecule has 7 nitrogen and oxygen atoms in total. The van der Waals surface area contributed by atoms with E-state index < -0.39 is 23.8 Å². The van der Waals surface area contributed by atoms with Crippen LogP contribution in [-0.2, 0) is 14.3 Å². The molecular weight excluding hydrogens is 478 g/mol. The molecule has 3 amide bonds. The summed E-state index contributed by atoms with van der Waals surface area (Å²) in [7, 11) is 0. The first-order valence-corrected chi connectivity index (χ1v) is 13.6. The van der Waals surface area contributed by atoms with Gasteiger partial charge in [0.2, 0.25) is 5.91 Å². The Kier molecular flexibility index (Phi) is 9.58. The molecule has 1 aliphatic rings. The van der Waals surface area contributed by atoms with Crippen LogP contribution in [0.5, 0.6) is 0 Å². The van der Waals surface area contributed by atoms with Crippen molar-refractivity contribution in [1.82, 2.24) is 10.2 Å². The van der Waals surface area contributed by atoms with Gasteiger partial charge in [-0.1, -0.05) is 56.3 Å². The van der Waals surface area contributed by atoms with Gasteiger partial charge < -0.3 is 20.3 Å². The summed E-state index contributed by atoms with van der Waals surface area (Å²) in [6, 6.07) is 13.5. The molecule has 0 aliphatic heterocycles. The summed E-state index contributed by atoms with van der Waals surface area (Å²) >= 11 is 0. The van der Waals surface area contributed by atoms with Gasteiger partial charge in [0.1, 0.15) is 17.7 Å². The summed E-state index contributed by atoms with van der Waals surface area (Å²) in [6.45, 7) is 13.3. The largest absolute Gasteiger partial charge is 0.444 e. The van der Waals surface area contributed by atoms with Gasteiger partial charge in [-0.15, -0.1) is 0 Å². The number of ether oxygens (including phenoxy) is 1. The van der Waals surface area contributed by atoms with E-state index in [4.69, 9.17) is 4.74 Å². The minimum atomic E-state index is -0.844. The zero-order valence-electron chi connectivity index (χ0n) is 23.8. The van der Waals surface area contributed by atoms with Crippen LogP contribution in [0.3, 0.4) is 0 Å². The number of anilines is 1. The van der Waals surface area contributed by atoms with Crippen molar-refractivity contribution in [3.05, 3.63) is 65.2 Å². The predicted molar refractivity (Wildman–Crippen MR) is 151 cm³/mol. The fourth-order valence-corrected chi connectivity index (χ4v) is 4.73. The van der Waals surface area contributed by atoms with E-state index in [-0.39, 0.29) is 23.8 Å². The van der Waals surface area contributed by atoms with Crippen LogP contribution in [0.2, 0.25) is 0 Å². The van der Waals surface area contributed by atoms with E-state index >= 15 is 0 Å². The highest BCUT2D eigenvalue weighted by Gasteiger charge is 2.42. The Labute approximate surface area is 227 Å². The van der Waals surface area contributed by atoms with Crippen LogP contribution in [0.25, 0.3) is 0 Å². The third-order valence-electron chi connectivity index (χ3n) is 6.83. The third kappa shape index (κ3) is 7.59. The van der Waals surface area contributed by atoms with E-state index in [9.17, 15) is 14.4 Å². The highest BCUT2D eigenvalue weighted by Crippen LogP contribution is 2.36. The molecule has 2 aromatic rings. The number of hydrogen-bond acceptors (Lipinski definition) is 4. The molecular formula is C31H43N3O4. The number of aryl methyl sites for hydroxylation is 2. The monoisotopic (exact) mass is 521 g/mol. The molecule has 206 valence electrons. The van der Waals surface area contributed by atoms with Gasteiger partial charge in [-0.2, -0.15) is 0 Å². The van der Waals surface area contributed by atoms with E-state index in [1.165, 1.54) is 0 Å². The zero-order chi connectivity index (χ0) is 28.0. The number of rotatable bonds is 9. The average Bonchev–Trinajstić information content (AvgIpc) is 2.77. The van der Waals surface area contributed by atoms with Gasteiger partial charge in [0, 0.05) is 11.7 Å². The molecule has 0 bridgehead atoms. The molecule has 0 radical (unpaired) electrons. The number of para-hydroxylation sites is 1. The van der Waals surface area contributed by atoms with Gasteiger partial charge in [-0.3, -0.25) is 9.59 Å². The van der Waals surface area contributed by atoms with E-state index in [0.717, 1.165) is 36.0 Å². The van der Waals surface area contributed by atoms with Gasteiger partial charge in [0.05, 0.1) is 0 Å². The molecule has 0 saturated heterocycles. The molecule has 1 saturated carbocycles. The van der Waals surface area contributed by atoms with E-state index in [1.54, 1.807) is 25.7 Å². The second-order valence-electron chi connectivity index (χ2n) is 11.7. The molecule has 2 atom stereocenters. The van der Waals surface area contributed by atoms with Crippen LogP contribution in [0.4, 0.5) is 10.5 Å². The second kappa shape index (κ2) is 12.5. The maximum Gasteiger partial charge on any atom is 0.408 e. The van der Waals surface area contributed by atoms with Gasteiger partial charge in [-0.25, -0.2) is 4.79 Å². The zero-order valence-corrected chi connectivity index (χ0v) is 23.8. The van der Waals surface area contributed by atoms with Gasteiger partial charge in [0.15, 0.2) is 0 Å². The maximum atomic E-state index is 14.3. The minimum Gasteiger partial charge on any atom is -0.444 e. The number of nitrogens with one attached hydrogen (secondary N) is 2. The Morgan fingerprint density at radius 2 is 1.58 bits per heavy atom. The molecule has 2 unspecified atom stereocenters. The molecule has 2 aromatic carbocycles. The fraction of sp³-hybridized carbons (Fsp3) is 0.516. The number of carbonyl (C=O) groups is 3. The molecule has 1 fully saturated rings. The molecule has 38 heavy (non-hydrogen) atoms. The van der Waals surface area contributed by atoms with Gasteiger partial charge >= 0.3 is 6.09 Å². The lowest BCUT2D eigenvalue weighted by atomic mass is 9.86. The number of nitrogens with zero attached hydrogens (tertiary/aromatic N) is 1. The lowest BCUT2D eigenvalue weighted by Gasteiger charge is -2.44. The van der Waals surface area contributed by atoms with Crippen molar-refractivity contribution in [3.8, 4) is 0 Å². The number of amides is 3. The Morgan fingerprint density at radius 1 is 0.974 bits per heavy atom. The van der Waals surface area contributed by atoms with Crippen molar-refractivity contribution in [1.29, 1.82) is 0 Å². The number of benzene rings is 2. The highest BCUT2D eigenvalue weighted by molar-refractivity contribution is 5.99. The molecule has 0 heterocycles. The number of hydrogen-bond donors (Lipinski definition) is 2. The van der Waals surface area contributed by atoms with Crippen molar-refractivity contribution in [2.45, 2.75) is 97.9 Å². The first kappa shape index (κ1) is 29.2. The molecule has 2 N–H and O–H groups in total. The summed E-state index contributed by atoms with van der Waals surface area (Å²) in [5.74, 6) is -0.392. The van der Waals surface area contributed by atoms with Crippen LogP contribution in [0, 0.1) is 19.8 Å². The van der Waals surface area contributed by atoms with Crippen molar-refractivity contribution >= 4 is 23.6 Å². The second-order valence-corrected chi connectivity index (χ2v) is 11.7. The van der Waals surface area contributed by atoms with Crippen LogP contribution in [-0.4, -0.2) is 40.5 Å². The van der Waals surface area contributed by atoms with Crippen LogP contribution in [0.1, 0.15) is 83.0 Å². The summed E-state index contributed by atoms with van der Waals surface area (Å²) < 4.78 is 5.48. The first-order valence-electron chi connectivity index (χ1n) is 13.6. The molecule has 0 spiro atoms. The van der Waals surface area contributed by atoms with Crippen molar-refractivity contribution < 1.29 is 19.1 Å². The van der Waals surface area contributed by atoms with Crippen molar-refractivity contribution in [2.75, 3.05) is 5.32 Å². The van der Waals surface area contributed by atoms with Gasteiger partial charge in [-0.05, 0) is 89.0 Å². The van der Waals surface area contributed by atoms with Crippen LogP contribution >= 0.6 is 0 Å². The summed E-state index contributed by atoms with van der Waals surface area (Å²) in [4.78, 5) is 42.9. The van der Waals surface area contributed by atoms with Crippen LogP contribution < -0.4 is 10.6 Å². The van der Waals surface area contributed by atoms with Crippen molar-refractivity contribution in [2.24, 2.45) is 5.92 Å². The average molecular weight is 522 g/mol. The number of carbonyl (C=O) groups excluding carboxylic acids is 3. The standard InChI is InChI=1S/C31H43N3O4/c1-20(2)19-26(33-30(37)38-31(5,6)7)29(36)34(23-15-12-16-23)27(24-17-10-8-13-21(24)3)28(35)32-25-18-11-9-14-22(25)4/h8-11,13-14,17-18,20,23,26-27H,12,15-16,19H2,1-7H3,(H,32,35)(H,33,37). The SMILES string of the molecule is Cc1ccccc1NC(=O)C(c1ccccc1C)N(C(=O)C(CC(C)C)NC(=O)OC(C)(C)C)C1CCC1. The fourth-order valence-electron chi connectivity index (χ4n) is 4.73. The predicted octanol–water partition coefficient (Wildman–Crippen LogP) is 6.30. The first-order chi connectivity index (χ1) is 17.9. The Morgan fingerprint density at radius 3 is 2.11 bits per heavy atom. The topological polar surface area (TPSA) is 87.7 Å². The normalized spacial score (nSPS) is 15.3. The van der Waals surface area contributed by atoms with Gasteiger partial charge in [0.25, 0.3) is 5.91 Å². The number of alkyl carbamates (subject to hydrolysis) is 1.